The van der Waals surface area contributed by atoms with Crippen LogP contribution in [-0.2, 0) is 33.3 Å². The van der Waals surface area contributed by atoms with Crippen LogP contribution < -0.4 is 0 Å². The number of quaternary nitrogens is 1. The van der Waals surface area contributed by atoms with Crippen LogP contribution in [0.1, 0.15) is 181 Å². The van der Waals surface area contributed by atoms with Crippen molar-refractivity contribution in [1.82, 2.24) is 0 Å². The van der Waals surface area contributed by atoms with Gasteiger partial charge in [0.2, 0.25) is 0 Å². The second-order valence-corrected chi connectivity index (χ2v) is 15.0. The summed E-state index contributed by atoms with van der Waals surface area (Å²) < 4.78 is 22.6. The van der Waals surface area contributed by atoms with Crippen molar-refractivity contribution in [2.75, 3.05) is 47.5 Å². The van der Waals surface area contributed by atoms with E-state index in [-0.39, 0.29) is 32.2 Å². The molecule has 0 spiro atoms. The number of aliphatic carboxylic acids is 1. The van der Waals surface area contributed by atoms with Gasteiger partial charge in [0.05, 0.1) is 34.4 Å². The lowest BCUT2D eigenvalue weighted by molar-refractivity contribution is -0.870. The van der Waals surface area contributed by atoms with E-state index in [9.17, 15) is 19.5 Å². The molecule has 1 N–H and O–H groups in total. The fraction of sp³-hybridized carbons (Fsp3) is 0.925. The average molecular weight is 701 g/mol. The second-order valence-electron chi connectivity index (χ2n) is 15.0. The number of ether oxygens (including phenoxy) is 4. The standard InChI is InChI=1S/C40H77NO8/c1-6-8-10-12-14-16-18-20-22-24-26-28-30-37(42)47-34-36(35-48-40(39(44)45)46-33-32-41(3,4)5)49-38(43)31-29-27-25-23-21-19-17-15-13-11-9-7-2/h36,40H,6-35H2,1-5H3/p+1. The molecule has 0 aliphatic heterocycles. The summed E-state index contributed by atoms with van der Waals surface area (Å²) in [5.74, 6) is -1.99. The summed E-state index contributed by atoms with van der Waals surface area (Å²) in [7, 11) is 5.95. The lowest BCUT2D eigenvalue weighted by atomic mass is 10.0. The summed E-state index contributed by atoms with van der Waals surface area (Å²) in [5, 5.41) is 9.59. The number of hydrogen-bond acceptors (Lipinski definition) is 7. The molecule has 0 heterocycles. The van der Waals surface area contributed by atoms with Gasteiger partial charge in [-0.3, -0.25) is 9.59 Å². The van der Waals surface area contributed by atoms with Crippen LogP contribution in [0.15, 0.2) is 0 Å². The van der Waals surface area contributed by atoms with Gasteiger partial charge in [-0.1, -0.05) is 155 Å². The predicted molar refractivity (Wildman–Crippen MR) is 198 cm³/mol. The van der Waals surface area contributed by atoms with E-state index in [1.54, 1.807) is 0 Å². The van der Waals surface area contributed by atoms with Crippen molar-refractivity contribution >= 4 is 17.9 Å². The van der Waals surface area contributed by atoms with Crippen molar-refractivity contribution in [1.29, 1.82) is 0 Å². The lowest BCUT2D eigenvalue weighted by Crippen LogP contribution is -2.40. The first-order valence-electron chi connectivity index (χ1n) is 20.2. The van der Waals surface area contributed by atoms with E-state index >= 15 is 0 Å². The quantitative estimate of drug-likeness (QED) is 0.0295. The zero-order valence-corrected chi connectivity index (χ0v) is 32.6. The molecule has 2 atom stereocenters. The van der Waals surface area contributed by atoms with Crippen molar-refractivity contribution in [3.8, 4) is 0 Å². The normalized spacial score (nSPS) is 12.9. The molecule has 0 saturated heterocycles. The van der Waals surface area contributed by atoms with Gasteiger partial charge in [0.1, 0.15) is 13.2 Å². The summed E-state index contributed by atoms with van der Waals surface area (Å²) in [6.45, 7) is 4.87. The topological polar surface area (TPSA) is 108 Å². The first kappa shape index (κ1) is 47.3. The second kappa shape index (κ2) is 33.4. The summed E-state index contributed by atoms with van der Waals surface area (Å²) in [5.41, 5.74) is 0. The maximum Gasteiger partial charge on any atom is 0.361 e. The summed E-state index contributed by atoms with van der Waals surface area (Å²) in [4.78, 5) is 36.9. The number of unbranched alkanes of at least 4 members (excludes halogenated alkanes) is 22. The van der Waals surface area contributed by atoms with Crippen molar-refractivity contribution in [2.24, 2.45) is 0 Å². The van der Waals surface area contributed by atoms with E-state index < -0.39 is 24.3 Å². The van der Waals surface area contributed by atoms with Gasteiger partial charge in [-0.15, -0.1) is 0 Å². The summed E-state index contributed by atoms with van der Waals surface area (Å²) in [6, 6.07) is 0. The third-order valence-electron chi connectivity index (χ3n) is 8.86. The number of likely N-dealkylation sites (N-methyl/N-ethyl adjacent to an activating group) is 1. The Morgan fingerprint density at radius 1 is 0.531 bits per heavy atom. The van der Waals surface area contributed by atoms with Crippen LogP contribution in [0.5, 0.6) is 0 Å². The number of carbonyl (C=O) groups excluding carboxylic acids is 2. The van der Waals surface area contributed by atoms with Crippen molar-refractivity contribution in [3.05, 3.63) is 0 Å². The van der Waals surface area contributed by atoms with Crippen LogP contribution in [-0.4, -0.2) is 87.4 Å². The van der Waals surface area contributed by atoms with Crippen LogP contribution in [0, 0.1) is 0 Å². The molecule has 2 unspecified atom stereocenters. The Labute approximate surface area is 301 Å². The van der Waals surface area contributed by atoms with E-state index in [2.05, 4.69) is 13.8 Å². The molecule has 0 rings (SSSR count). The zero-order chi connectivity index (χ0) is 36.4. The first-order chi connectivity index (χ1) is 23.6. The molecule has 290 valence electrons. The predicted octanol–water partition coefficient (Wildman–Crippen LogP) is 9.77. The molecule has 49 heavy (non-hydrogen) atoms. The summed E-state index contributed by atoms with van der Waals surface area (Å²) in [6.07, 6.45) is 27.2. The van der Waals surface area contributed by atoms with Crippen LogP contribution in [0.25, 0.3) is 0 Å². The maximum atomic E-state index is 12.7. The molecule has 0 aromatic heterocycles. The Kier molecular flexibility index (Phi) is 32.3. The van der Waals surface area contributed by atoms with E-state index in [0.29, 0.717) is 17.4 Å². The van der Waals surface area contributed by atoms with Gasteiger partial charge in [0.15, 0.2) is 6.10 Å². The number of esters is 2. The lowest BCUT2D eigenvalue weighted by Gasteiger charge is -2.25. The van der Waals surface area contributed by atoms with E-state index in [1.165, 1.54) is 116 Å². The Hall–Kier alpha value is -1.71. The molecule has 9 heteroatoms. The number of carboxylic acids is 1. The molecule has 0 amide bonds. The van der Waals surface area contributed by atoms with Crippen molar-refractivity contribution in [3.63, 3.8) is 0 Å². The minimum atomic E-state index is -1.50. The third-order valence-corrected chi connectivity index (χ3v) is 8.86. The van der Waals surface area contributed by atoms with Gasteiger partial charge < -0.3 is 28.5 Å². The van der Waals surface area contributed by atoms with Gasteiger partial charge in [-0.05, 0) is 12.8 Å². The largest absolute Gasteiger partial charge is 0.477 e. The van der Waals surface area contributed by atoms with Crippen molar-refractivity contribution in [2.45, 2.75) is 193 Å². The monoisotopic (exact) mass is 701 g/mol. The van der Waals surface area contributed by atoms with Crippen LogP contribution >= 0.6 is 0 Å². The number of carboxylic acid groups (broad SMARTS) is 1. The van der Waals surface area contributed by atoms with E-state index in [0.717, 1.165) is 38.5 Å². The molecule has 0 aliphatic carbocycles. The average Bonchev–Trinajstić information content (AvgIpc) is 3.05. The molecule has 0 bridgehead atoms. The minimum Gasteiger partial charge on any atom is -0.477 e. The Morgan fingerprint density at radius 3 is 1.31 bits per heavy atom. The van der Waals surface area contributed by atoms with Crippen molar-refractivity contribution < 1.29 is 42.9 Å². The number of hydrogen-bond donors (Lipinski definition) is 1. The molecule has 0 aromatic rings. The highest BCUT2D eigenvalue weighted by Gasteiger charge is 2.25. The van der Waals surface area contributed by atoms with Gasteiger partial charge in [0, 0.05) is 12.8 Å². The molecule has 0 radical (unpaired) electrons. The Morgan fingerprint density at radius 2 is 0.918 bits per heavy atom. The molecule has 0 fully saturated rings. The molecule has 9 nitrogen and oxygen atoms in total. The Balaban J connectivity index is 4.49. The highest BCUT2D eigenvalue weighted by molar-refractivity contribution is 5.71. The van der Waals surface area contributed by atoms with Crippen LogP contribution in [0.2, 0.25) is 0 Å². The highest BCUT2D eigenvalue weighted by Crippen LogP contribution is 2.15. The summed E-state index contributed by atoms with van der Waals surface area (Å²) >= 11 is 0. The maximum absolute atomic E-state index is 12.7. The third kappa shape index (κ3) is 34.5. The molecule has 0 saturated carbocycles. The molecule has 0 aliphatic rings. The van der Waals surface area contributed by atoms with E-state index in [4.69, 9.17) is 18.9 Å². The molecule has 0 aromatic carbocycles. The molecular weight excluding hydrogens is 622 g/mol. The van der Waals surface area contributed by atoms with Gasteiger partial charge in [-0.25, -0.2) is 4.79 Å². The number of rotatable bonds is 37. The zero-order valence-electron chi connectivity index (χ0n) is 32.6. The smallest absolute Gasteiger partial charge is 0.361 e. The van der Waals surface area contributed by atoms with Crippen LogP contribution in [0.4, 0.5) is 0 Å². The minimum absolute atomic E-state index is 0.174. The highest BCUT2D eigenvalue weighted by atomic mass is 16.7. The van der Waals surface area contributed by atoms with E-state index in [1.807, 2.05) is 21.1 Å². The number of carbonyl (C=O) groups is 3. The SMILES string of the molecule is CCCCCCCCCCCCCCC(=O)OCC(COC(OCC[N+](C)(C)C)C(=O)O)OC(=O)CCCCCCCCCCCCCC. The fourth-order valence-electron chi connectivity index (χ4n) is 5.66. The first-order valence-corrected chi connectivity index (χ1v) is 20.2. The van der Waals surface area contributed by atoms with Gasteiger partial charge in [-0.2, -0.15) is 0 Å². The van der Waals surface area contributed by atoms with Gasteiger partial charge in [0.25, 0.3) is 6.29 Å². The fourth-order valence-corrected chi connectivity index (χ4v) is 5.66. The van der Waals surface area contributed by atoms with Gasteiger partial charge >= 0.3 is 17.9 Å². The van der Waals surface area contributed by atoms with Crippen LogP contribution in [0.3, 0.4) is 0 Å². The Bertz CT molecular complexity index is 785. The molecular formula is C40H78NO8+. The number of nitrogens with zero attached hydrogens (tertiary/aromatic N) is 1.